The molecule has 0 aliphatic carbocycles. The molecule has 3 aromatic rings. The van der Waals surface area contributed by atoms with Crippen molar-refractivity contribution in [2.24, 2.45) is 0 Å². The first kappa shape index (κ1) is 12.9. The van der Waals surface area contributed by atoms with Crippen LogP contribution in [0.15, 0.2) is 59.7 Å². The summed E-state index contributed by atoms with van der Waals surface area (Å²) in [7, 11) is 0. The minimum atomic E-state index is -0.212. The molecule has 0 saturated heterocycles. The summed E-state index contributed by atoms with van der Waals surface area (Å²) in [6.45, 7) is 0.821. The normalized spacial score (nSPS) is 16.6. The summed E-state index contributed by atoms with van der Waals surface area (Å²) in [5, 5.41) is 0.613. The van der Waals surface area contributed by atoms with E-state index >= 15 is 0 Å². The SMILES string of the molecule is O=c1c2ccccc2ncn1CC1COc2ccccc2O1. The van der Waals surface area contributed by atoms with Crippen molar-refractivity contribution in [3.63, 3.8) is 0 Å². The quantitative estimate of drug-likeness (QED) is 0.727. The maximum absolute atomic E-state index is 12.5. The Labute approximate surface area is 126 Å². The number of rotatable bonds is 2. The summed E-state index contributed by atoms with van der Waals surface area (Å²) < 4.78 is 13.1. The number of fused-ring (bicyclic) bond motifs is 2. The second kappa shape index (κ2) is 5.18. The Balaban J connectivity index is 1.62. The summed E-state index contributed by atoms with van der Waals surface area (Å²) in [4.78, 5) is 16.8. The van der Waals surface area contributed by atoms with Crippen LogP contribution in [0, 0.1) is 0 Å². The molecule has 1 aliphatic heterocycles. The zero-order valence-corrected chi connectivity index (χ0v) is 11.8. The topological polar surface area (TPSA) is 53.4 Å². The fraction of sp³-hybridized carbons (Fsp3) is 0.176. The van der Waals surface area contributed by atoms with Crippen molar-refractivity contribution in [3.05, 3.63) is 65.2 Å². The molecular weight excluding hydrogens is 280 g/mol. The van der Waals surface area contributed by atoms with Gasteiger partial charge in [0.2, 0.25) is 0 Å². The summed E-state index contributed by atoms with van der Waals surface area (Å²) in [6.07, 6.45) is 1.35. The standard InChI is InChI=1S/C17H14N2O3/c20-17-13-5-1-2-6-14(13)18-11-19(17)9-12-10-21-15-7-3-4-8-16(15)22-12/h1-8,11-12H,9-10H2. The third-order valence-electron chi connectivity index (χ3n) is 3.70. The number of hydrogen-bond acceptors (Lipinski definition) is 4. The van der Waals surface area contributed by atoms with E-state index < -0.39 is 0 Å². The van der Waals surface area contributed by atoms with Crippen molar-refractivity contribution in [1.29, 1.82) is 0 Å². The molecule has 0 spiro atoms. The fourth-order valence-corrected chi connectivity index (χ4v) is 2.61. The average molecular weight is 294 g/mol. The van der Waals surface area contributed by atoms with Crippen LogP contribution in [0.25, 0.3) is 10.9 Å². The van der Waals surface area contributed by atoms with E-state index in [0.29, 0.717) is 29.8 Å². The lowest BCUT2D eigenvalue weighted by Gasteiger charge is -2.26. The number of ether oxygens (including phenoxy) is 2. The zero-order valence-electron chi connectivity index (χ0n) is 11.8. The first-order valence-electron chi connectivity index (χ1n) is 7.14. The molecule has 1 unspecified atom stereocenters. The van der Waals surface area contributed by atoms with Crippen molar-refractivity contribution in [2.45, 2.75) is 12.6 Å². The third-order valence-corrected chi connectivity index (χ3v) is 3.70. The third kappa shape index (κ3) is 2.20. The zero-order chi connectivity index (χ0) is 14.9. The highest BCUT2D eigenvalue weighted by atomic mass is 16.6. The van der Waals surface area contributed by atoms with Gasteiger partial charge >= 0.3 is 0 Å². The van der Waals surface area contributed by atoms with Crippen molar-refractivity contribution in [3.8, 4) is 11.5 Å². The Morgan fingerprint density at radius 1 is 1.09 bits per heavy atom. The molecule has 5 nitrogen and oxygen atoms in total. The van der Waals surface area contributed by atoms with Gasteiger partial charge < -0.3 is 9.47 Å². The summed E-state index contributed by atoms with van der Waals surface area (Å²) in [6, 6.07) is 14.9. The molecule has 0 saturated carbocycles. The van der Waals surface area contributed by atoms with E-state index in [1.807, 2.05) is 42.5 Å². The van der Waals surface area contributed by atoms with E-state index in [-0.39, 0.29) is 11.7 Å². The van der Waals surface area contributed by atoms with Crippen molar-refractivity contribution in [1.82, 2.24) is 9.55 Å². The Morgan fingerprint density at radius 3 is 2.77 bits per heavy atom. The molecule has 22 heavy (non-hydrogen) atoms. The van der Waals surface area contributed by atoms with Crippen LogP contribution in [0.3, 0.4) is 0 Å². The van der Waals surface area contributed by atoms with Crippen LogP contribution in [0.2, 0.25) is 0 Å². The monoisotopic (exact) mass is 294 g/mol. The van der Waals surface area contributed by atoms with Crippen LogP contribution in [0.4, 0.5) is 0 Å². The minimum absolute atomic E-state index is 0.0620. The molecule has 2 heterocycles. The average Bonchev–Trinajstić information content (AvgIpc) is 2.57. The first-order chi connectivity index (χ1) is 10.8. The number of benzene rings is 2. The molecule has 110 valence electrons. The summed E-state index contributed by atoms with van der Waals surface area (Å²) in [5.41, 5.74) is 0.642. The van der Waals surface area contributed by atoms with Crippen molar-refractivity contribution in [2.75, 3.05) is 6.61 Å². The van der Waals surface area contributed by atoms with E-state index in [1.165, 1.54) is 0 Å². The number of aromatic nitrogens is 2. The van der Waals surface area contributed by atoms with Gasteiger partial charge in [0.05, 0.1) is 23.8 Å². The smallest absolute Gasteiger partial charge is 0.261 e. The van der Waals surface area contributed by atoms with Crippen LogP contribution in [0.1, 0.15) is 0 Å². The van der Waals surface area contributed by atoms with Gasteiger partial charge in [0.1, 0.15) is 6.61 Å². The van der Waals surface area contributed by atoms with Gasteiger partial charge in [-0.25, -0.2) is 4.98 Å². The predicted octanol–water partition coefficient (Wildman–Crippen LogP) is 2.24. The highest BCUT2D eigenvalue weighted by Gasteiger charge is 2.21. The minimum Gasteiger partial charge on any atom is -0.486 e. The summed E-state index contributed by atoms with van der Waals surface area (Å²) in [5.74, 6) is 1.45. The first-order valence-corrected chi connectivity index (χ1v) is 7.14. The lowest BCUT2D eigenvalue weighted by molar-refractivity contribution is 0.0777. The van der Waals surface area contributed by atoms with Gasteiger partial charge in [-0.05, 0) is 24.3 Å². The fourth-order valence-electron chi connectivity index (χ4n) is 2.61. The van der Waals surface area contributed by atoms with E-state index in [1.54, 1.807) is 17.0 Å². The van der Waals surface area contributed by atoms with Crippen LogP contribution in [-0.2, 0) is 6.54 Å². The van der Waals surface area contributed by atoms with Gasteiger partial charge in [0, 0.05) is 0 Å². The van der Waals surface area contributed by atoms with E-state index in [4.69, 9.17) is 9.47 Å². The molecular formula is C17H14N2O3. The molecule has 1 aliphatic rings. The molecule has 2 aromatic carbocycles. The Hall–Kier alpha value is -2.82. The maximum Gasteiger partial charge on any atom is 0.261 e. The predicted molar refractivity (Wildman–Crippen MR) is 82.4 cm³/mol. The number of hydrogen-bond donors (Lipinski definition) is 0. The summed E-state index contributed by atoms with van der Waals surface area (Å²) >= 11 is 0. The highest BCUT2D eigenvalue weighted by Crippen LogP contribution is 2.31. The van der Waals surface area contributed by atoms with E-state index in [2.05, 4.69) is 4.98 Å². The van der Waals surface area contributed by atoms with E-state index in [0.717, 1.165) is 5.75 Å². The molecule has 1 aromatic heterocycles. The molecule has 0 bridgehead atoms. The van der Waals surface area contributed by atoms with Gasteiger partial charge in [0.15, 0.2) is 17.6 Å². The molecule has 0 fully saturated rings. The lowest BCUT2D eigenvalue weighted by atomic mass is 10.2. The number of nitrogens with zero attached hydrogens (tertiary/aromatic N) is 2. The molecule has 0 N–H and O–H groups in total. The van der Waals surface area contributed by atoms with Crippen LogP contribution < -0.4 is 15.0 Å². The highest BCUT2D eigenvalue weighted by molar-refractivity contribution is 5.76. The number of para-hydroxylation sites is 3. The largest absolute Gasteiger partial charge is 0.486 e. The van der Waals surface area contributed by atoms with Gasteiger partial charge in [-0.15, -0.1) is 0 Å². The molecule has 0 radical (unpaired) electrons. The van der Waals surface area contributed by atoms with Gasteiger partial charge in [0.25, 0.3) is 5.56 Å². The molecule has 4 rings (SSSR count). The van der Waals surface area contributed by atoms with Gasteiger partial charge in [-0.3, -0.25) is 9.36 Å². The molecule has 1 atom stereocenters. The lowest BCUT2D eigenvalue weighted by Crippen LogP contribution is -2.36. The maximum atomic E-state index is 12.5. The van der Waals surface area contributed by atoms with Crippen LogP contribution >= 0.6 is 0 Å². The second-order valence-corrected chi connectivity index (χ2v) is 5.22. The second-order valence-electron chi connectivity index (χ2n) is 5.22. The Bertz CT molecular complexity index is 888. The Morgan fingerprint density at radius 2 is 1.86 bits per heavy atom. The molecule has 5 heteroatoms. The van der Waals surface area contributed by atoms with Crippen LogP contribution in [0.5, 0.6) is 11.5 Å². The molecule has 0 amide bonds. The Kier molecular flexibility index (Phi) is 3.04. The van der Waals surface area contributed by atoms with Gasteiger partial charge in [-0.1, -0.05) is 24.3 Å². The van der Waals surface area contributed by atoms with Crippen LogP contribution in [-0.4, -0.2) is 22.3 Å². The van der Waals surface area contributed by atoms with E-state index in [9.17, 15) is 4.79 Å². The van der Waals surface area contributed by atoms with Gasteiger partial charge in [-0.2, -0.15) is 0 Å². The van der Waals surface area contributed by atoms with Crippen molar-refractivity contribution < 1.29 is 9.47 Å². The van der Waals surface area contributed by atoms with Crippen molar-refractivity contribution >= 4 is 10.9 Å².